The van der Waals surface area contributed by atoms with Crippen molar-refractivity contribution < 1.29 is 27.8 Å². The molecule has 0 aliphatic carbocycles. The van der Waals surface area contributed by atoms with Crippen LogP contribution in [0.25, 0.3) is 0 Å². The van der Waals surface area contributed by atoms with Crippen LogP contribution in [-0.4, -0.2) is 81.7 Å². The van der Waals surface area contributed by atoms with Gasteiger partial charge in [-0.25, -0.2) is 8.42 Å². The van der Waals surface area contributed by atoms with Gasteiger partial charge in [0, 0.05) is 43.5 Å². The van der Waals surface area contributed by atoms with Crippen molar-refractivity contribution in [2.75, 3.05) is 49.8 Å². The first-order chi connectivity index (χ1) is 16.8. The summed E-state index contributed by atoms with van der Waals surface area (Å²) in [6.45, 7) is 6.91. The number of sulfone groups is 1. The molecule has 192 valence electrons. The largest absolute Gasteiger partial charge is 0.493 e. The lowest BCUT2D eigenvalue weighted by Crippen LogP contribution is -2.42. The molecule has 35 heavy (non-hydrogen) atoms. The molecule has 8 nitrogen and oxygen atoms in total. The Hall–Kier alpha value is -2.62. The number of nitrogens with zero attached hydrogens (tertiary/aromatic N) is 2. The smallest absolute Gasteiger partial charge is 0.161 e. The van der Waals surface area contributed by atoms with E-state index in [4.69, 9.17) is 9.47 Å². The molecule has 1 fully saturated rings. The third-order valence-electron chi connectivity index (χ3n) is 6.38. The summed E-state index contributed by atoms with van der Waals surface area (Å²) in [5.41, 5.74) is 2.68. The Morgan fingerprint density at radius 3 is 2.40 bits per heavy atom. The maximum Gasteiger partial charge on any atom is 0.161 e. The highest BCUT2D eigenvalue weighted by Gasteiger charge is 2.33. The second-order valence-corrected chi connectivity index (χ2v) is 11.0. The van der Waals surface area contributed by atoms with Crippen LogP contribution in [0.5, 0.6) is 11.5 Å². The van der Waals surface area contributed by atoms with Crippen LogP contribution < -0.4 is 14.4 Å². The molecular weight excluding hydrogens is 468 g/mol. The van der Waals surface area contributed by atoms with Gasteiger partial charge >= 0.3 is 0 Å². The van der Waals surface area contributed by atoms with Crippen molar-refractivity contribution >= 4 is 21.8 Å². The molecule has 1 saturated heterocycles. The second kappa shape index (κ2) is 12.4. The fourth-order valence-corrected chi connectivity index (χ4v) is 6.19. The Kier molecular flexibility index (Phi) is 9.54. The number of ether oxygens (including phenoxy) is 2. The number of hydrogen-bond acceptors (Lipinski definition) is 8. The van der Waals surface area contributed by atoms with Gasteiger partial charge in [0.05, 0.1) is 18.6 Å². The highest BCUT2D eigenvalue weighted by atomic mass is 32.2. The van der Waals surface area contributed by atoms with Gasteiger partial charge in [0.1, 0.15) is 19.0 Å². The molecule has 1 heterocycles. The highest BCUT2D eigenvalue weighted by Crippen LogP contribution is 2.28. The van der Waals surface area contributed by atoms with Crippen molar-refractivity contribution in [3.05, 3.63) is 53.6 Å². The van der Waals surface area contributed by atoms with E-state index in [1.165, 1.54) is 7.11 Å². The molecule has 2 unspecified atom stereocenters. The number of hydrogen-bond donors (Lipinski definition) is 1. The Morgan fingerprint density at radius 2 is 1.83 bits per heavy atom. The maximum absolute atomic E-state index is 12.1. The van der Waals surface area contributed by atoms with Gasteiger partial charge in [0.25, 0.3) is 0 Å². The first-order valence-corrected chi connectivity index (χ1v) is 13.8. The molecule has 0 spiro atoms. The summed E-state index contributed by atoms with van der Waals surface area (Å²) in [5, 5.41) is 10.8. The number of benzene rings is 2. The van der Waals surface area contributed by atoms with Crippen LogP contribution in [0.1, 0.15) is 36.2 Å². The van der Waals surface area contributed by atoms with Gasteiger partial charge < -0.3 is 19.5 Å². The van der Waals surface area contributed by atoms with Crippen LogP contribution in [0.2, 0.25) is 0 Å². The zero-order valence-corrected chi connectivity index (χ0v) is 21.5. The summed E-state index contributed by atoms with van der Waals surface area (Å²) >= 11 is 0. The summed E-state index contributed by atoms with van der Waals surface area (Å²) in [6, 6.07) is 13.0. The number of carbonyl (C=O) groups excluding carboxylic acids is 1. The Labute approximate surface area is 208 Å². The SMILES string of the molecule is CCN(CC)c1ccc(CN(CC(O)COc2ccc(C=O)cc2OC)C2CCS(=O)(=O)C2)cc1. The average Bonchev–Trinajstić information content (AvgIpc) is 3.23. The first kappa shape index (κ1) is 27.0. The van der Waals surface area contributed by atoms with E-state index in [1.54, 1.807) is 18.2 Å². The third-order valence-corrected chi connectivity index (χ3v) is 8.13. The highest BCUT2D eigenvalue weighted by molar-refractivity contribution is 7.91. The molecule has 0 amide bonds. The first-order valence-electron chi connectivity index (χ1n) is 12.0. The number of carbonyl (C=O) groups is 1. The van der Waals surface area contributed by atoms with Gasteiger partial charge in [0.15, 0.2) is 21.3 Å². The maximum atomic E-state index is 12.1. The van der Waals surface area contributed by atoms with Crippen molar-refractivity contribution in [2.24, 2.45) is 0 Å². The molecule has 0 bridgehead atoms. The summed E-state index contributed by atoms with van der Waals surface area (Å²) in [5.74, 6) is 1.11. The molecule has 0 radical (unpaired) electrons. The minimum atomic E-state index is -3.07. The van der Waals surface area contributed by atoms with Crippen molar-refractivity contribution in [3.63, 3.8) is 0 Å². The van der Waals surface area contributed by atoms with Crippen LogP contribution in [-0.2, 0) is 16.4 Å². The average molecular weight is 505 g/mol. The number of rotatable bonds is 13. The van der Waals surface area contributed by atoms with Crippen LogP contribution in [0, 0.1) is 0 Å². The zero-order valence-electron chi connectivity index (χ0n) is 20.7. The van der Waals surface area contributed by atoms with Crippen LogP contribution >= 0.6 is 0 Å². The molecule has 2 aromatic carbocycles. The normalized spacial score (nSPS) is 17.8. The van der Waals surface area contributed by atoms with Crippen LogP contribution in [0.3, 0.4) is 0 Å². The Bertz CT molecular complexity index is 1070. The van der Waals surface area contributed by atoms with E-state index in [0.29, 0.717) is 30.0 Å². The lowest BCUT2D eigenvalue weighted by Gasteiger charge is -2.30. The monoisotopic (exact) mass is 504 g/mol. The van der Waals surface area contributed by atoms with E-state index in [1.807, 2.05) is 4.90 Å². The number of methoxy groups -OCH3 is 1. The third kappa shape index (κ3) is 7.43. The molecule has 1 aliphatic heterocycles. The zero-order chi connectivity index (χ0) is 25.4. The topological polar surface area (TPSA) is 96.4 Å². The second-order valence-electron chi connectivity index (χ2n) is 8.82. The van der Waals surface area contributed by atoms with Gasteiger partial charge in [0.2, 0.25) is 0 Å². The molecule has 1 N–H and O–H groups in total. The van der Waals surface area contributed by atoms with E-state index in [2.05, 4.69) is 43.0 Å². The summed E-state index contributed by atoms with van der Waals surface area (Å²) < 4.78 is 35.3. The predicted molar refractivity (Wildman–Crippen MR) is 137 cm³/mol. The molecule has 0 aromatic heterocycles. The lowest BCUT2D eigenvalue weighted by molar-refractivity contribution is 0.0517. The van der Waals surface area contributed by atoms with E-state index >= 15 is 0 Å². The standard InChI is InChI=1S/C26H36N2O6S/c1-4-27(5-2)22-9-6-20(7-10-22)15-28(23-12-13-35(31,32)19-23)16-24(30)18-34-25-11-8-21(17-29)14-26(25)33-3/h6-11,14,17,23-24,30H,4-5,12-13,15-16,18-19H2,1-3H3. The van der Waals surface area contributed by atoms with Gasteiger partial charge in [-0.05, 0) is 56.2 Å². The predicted octanol–water partition coefficient (Wildman–Crippen LogP) is 2.78. The van der Waals surface area contributed by atoms with Crippen LogP contribution in [0.15, 0.2) is 42.5 Å². The summed E-state index contributed by atoms with van der Waals surface area (Å²) in [4.78, 5) is 15.3. The minimum absolute atomic E-state index is 0.00760. The molecule has 2 aromatic rings. The minimum Gasteiger partial charge on any atom is -0.493 e. The fraction of sp³-hybridized carbons (Fsp3) is 0.500. The van der Waals surface area contributed by atoms with Gasteiger partial charge in [-0.1, -0.05) is 12.1 Å². The van der Waals surface area contributed by atoms with Gasteiger partial charge in [-0.2, -0.15) is 0 Å². The van der Waals surface area contributed by atoms with Gasteiger partial charge in [-0.15, -0.1) is 0 Å². The molecule has 1 aliphatic rings. The summed E-state index contributed by atoms with van der Waals surface area (Å²) in [6.07, 6.45) is 0.432. The van der Waals surface area contributed by atoms with Crippen LogP contribution in [0.4, 0.5) is 5.69 Å². The molecule has 9 heteroatoms. The van der Waals surface area contributed by atoms with Crippen molar-refractivity contribution in [3.8, 4) is 11.5 Å². The molecule has 3 rings (SSSR count). The molecular formula is C26H36N2O6S. The van der Waals surface area contributed by atoms with Crippen molar-refractivity contribution in [1.29, 1.82) is 0 Å². The molecule has 0 saturated carbocycles. The number of aliphatic hydroxyl groups excluding tert-OH is 1. The Balaban J connectivity index is 1.69. The van der Waals surface area contributed by atoms with Crippen molar-refractivity contribution in [1.82, 2.24) is 4.90 Å². The van der Waals surface area contributed by atoms with E-state index < -0.39 is 15.9 Å². The fourth-order valence-electron chi connectivity index (χ4n) is 4.43. The lowest BCUT2D eigenvalue weighted by atomic mass is 10.1. The van der Waals surface area contributed by atoms with Crippen molar-refractivity contribution in [2.45, 2.75) is 39.0 Å². The molecule has 2 atom stereocenters. The Morgan fingerprint density at radius 1 is 1.11 bits per heavy atom. The van der Waals surface area contributed by atoms with Gasteiger partial charge in [-0.3, -0.25) is 9.69 Å². The quantitative estimate of drug-likeness (QED) is 0.416. The number of aliphatic hydroxyl groups is 1. The number of anilines is 1. The van der Waals surface area contributed by atoms with E-state index in [-0.39, 0.29) is 30.7 Å². The summed E-state index contributed by atoms with van der Waals surface area (Å²) in [7, 11) is -1.58. The van der Waals surface area contributed by atoms with E-state index in [0.717, 1.165) is 30.6 Å². The van der Waals surface area contributed by atoms with E-state index in [9.17, 15) is 18.3 Å². The number of aldehydes is 1.